The number of halogens is 1. The highest BCUT2D eigenvalue weighted by Crippen LogP contribution is 2.16. The third-order valence-corrected chi connectivity index (χ3v) is 4.51. The van der Waals surface area contributed by atoms with E-state index in [0.717, 1.165) is 27.1 Å². The summed E-state index contributed by atoms with van der Waals surface area (Å²) < 4.78 is 12.2. The molecule has 0 atom stereocenters. The van der Waals surface area contributed by atoms with Gasteiger partial charge < -0.3 is 9.47 Å². The van der Waals surface area contributed by atoms with Gasteiger partial charge in [-0.2, -0.15) is 5.10 Å². The van der Waals surface area contributed by atoms with Crippen molar-refractivity contribution in [2.24, 2.45) is 5.10 Å². The number of hydrogen-bond acceptors (Lipinski definition) is 4. The summed E-state index contributed by atoms with van der Waals surface area (Å²) in [7, 11) is 0. The minimum atomic E-state index is -0.285. The molecule has 0 aliphatic rings. The lowest BCUT2D eigenvalue weighted by Gasteiger charge is -2.07. The van der Waals surface area contributed by atoms with Gasteiger partial charge in [0.15, 0.2) is 0 Å². The highest BCUT2D eigenvalue weighted by molar-refractivity contribution is 9.10. The van der Waals surface area contributed by atoms with Crippen LogP contribution in [0.3, 0.4) is 0 Å². The van der Waals surface area contributed by atoms with Crippen molar-refractivity contribution in [1.29, 1.82) is 0 Å². The Morgan fingerprint density at radius 3 is 2.48 bits per heavy atom. The quantitative estimate of drug-likeness (QED) is 0.377. The number of carbonyl (C=O) groups is 1. The van der Waals surface area contributed by atoms with Crippen molar-refractivity contribution >= 4 is 28.1 Å². The molecule has 0 spiro atoms. The van der Waals surface area contributed by atoms with Gasteiger partial charge in [-0.3, -0.25) is 4.79 Å². The molecule has 6 heteroatoms. The summed E-state index contributed by atoms with van der Waals surface area (Å²) in [6.45, 7) is 2.97. The summed E-state index contributed by atoms with van der Waals surface area (Å²) in [6.07, 6.45) is 1.58. The summed E-state index contributed by atoms with van der Waals surface area (Å²) in [5.41, 5.74) is 4.94. The Bertz CT molecular complexity index is 970. The van der Waals surface area contributed by atoms with Crippen molar-refractivity contribution in [2.75, 3.05) is 6.61 Å². The minimum absolute atomic E-state index is 0.285. The van der Waals surface area contributed by atoms with E-state index in [-0.39, 0.29) is 5.91 Å². The van der Waals surface area contributed by atoms with Crippen LogP contribution in [-0.2, 0) is 6.61 Å². The average Bonchev–Trinajstić information content (AvgIpc) is 2.74. The van der Waals surface area contributed by atoms with Crippen molar-refractivity contribution in [3.05, 3.63) is 94.0 Å². The van der Waals surface area contributed by atoms with E-state index >= 15 is 0 Å². The lowest BCUT2D eigenvalue weighted by Crippen LogP contribution is -2.17. The monoisotopic (exact) mass is 452 g/mol. The maximum absolute atomic E-state index is 12.2. The first-order valence-electron chi connectivity index (χ1n) is 9.17. The first kappa shape index (κ1) is 20.6. The summed E-state index contributed by atoms with van der Waals surface area (Å²) >= 11 is 3.42. The molecule has 3 aromatic rings. The maximum Gasteiger partial charge on any atom is 0.271 e. The van der Waals surface area contributed by atoms with Crippen LogP contribution in [0.2, 0.25) is 0 Å². The van der Waals surface area contributed by atoms with E-state index in [1.807, 2.05) is 55.5 Å². The number of benzene rings is 3. The van der Waals surface area contributed by atoms with Crippen molar-refractivity contribution in [1.82, 2.24) is 5.43 Å². The molecule has 3 aromatic carbocycles. The van der Waals surface area contributed by atoms with E-state index in [2.05, 4.69) is 26.5 Å². The van der Waals surface area contributed by atoms with Gasteiger partial charge in [-0.25, -0.2) is 5.43 Å². The zero-order valence-electron chi connectivity index (χ0n) is 16.0. The fraction of sp³-hybridized carbons (Fsp3) is 0.130. The van der Waals surface area contributed by atoms with Crippen LogP contribution in [0.5, 0.6) is 11.5 Å². The molecule has 1 amide bonds. The Kier molecular flexibility index (Phi) is 7.41. The zero-order valence-corrected chi connectivity index (χ0v) is 17.6. The first-order chi connectivity index (χ1) is 14.1. The lowest BCUT2D eigenvalue weighted by molar-refractivity contribution is 0.0955. The van der Waals surface area contributed by atoms with Crippen LogP contribution in [-0.4, -0.2) is 18.7 Å². The van der Waals surface area contributed by atoms with E-state index in [0.29, 0.717) is 18.8 Å². The molecular formula is C23H21BrN2O3. The number of amides is 1. The van der Waals surface area contributed by atoms with Gasteiger partial charge in [0, 0.05) is 10.0 Å². The second kappa shape index (κ2) is 10.4. The number of nitrogens with one attached hydrogen (secondary N) is 1. The molecule has 1 N–H and O–H groups in total. The Balaban J connectivity index is 1.54. The van der Waals surface area contributed by atoms with Gasteiger partial charge in [-0.05, 0) is 66.6 Å². The fourth-order valence-corrected chi connectivity index (χ4v) is 2.80. The first-order valence-corrected chi connectivity index (χ1v) is 9.97. The topological polar surface area (TPSA) is 59.9 Å². The van der Waals surface area contributed by atoms with Crippen LogP contribution in [0.15, 0.2) is 82.4 Å². The van der Waals surface area contributed by atoms with Crippen LogP contribution in [0.4, 0.5) is 0 Å². The number of hydrogen-bond donors (Lipinski definition) is 1. The highest BCUT2D eigenvalue weighted by Gasteiger charge is 2.04. The second-order valence-electron chi connectivity index (χ2n) is 6.14. The number of carbonyl (C=O) groups excluding carboxylic acids is 1. The highest BCUT2D eigenvalue weighted by atomic mass is 79.9. The Hall–Kier alpha value is -3.12. The van der Waals surface area contributed by atoms with Gasteiger partial charge in [-0.15, -0.1) is 0 Å². The van der Waals surface area contributed by atoms with E-state index in [9.17, 15) is 4.79 Å². The smallest absolute Gasteiger partial charge is 0.271 e. The van der Waals surface area contributed by atoms with Crippen LogP contribution in [0, 0.1) is 0 Å². The van der Waals surface area contributed by atoms with Crippen LogP contribution >= 0.6 is 15.9 Å². The van der Waals surface area contributed by atoms with Gasteiger partial charge in [0.2, 0.25) is 0 Å². The summed E-state index contributed by atoms with van der Waals surface area (Å²) in [5.74, 6) is 1.18. The van der Waals surface area contributed by atoms with Crippen LogP contribution in [0.1, 0.15) is 28.4 Å². The lowest BCUT2D eigenvalue weighted by atomic mass is 10.2. The van der Waals surface area contributed by atoms with Crippen molar-refractivity contribution in [3.63, 3.8) is 0 Å². The number of ether oxygens (including phenoxy) is 2. The van der Waals surface area contributed by atoms with Crippen LogP contribution < -0.4 is 14.9 Å². The normalized spacial score (nSPS) is 10.7. The third-order valence-electron chi connectivity index (χ3n) is 3.98. The summed E-state index contributed by atoms with van der Waals surface area (Å²) in [4.78, 5) is 12.2. The predicted molar refractivity (Wildman–Crippen MR) is 118 cm³/mol. The van der Waals surface area contributed by atoms with E-state index in [1.165, 1.54) is 0 Å². The van der Waals surface area contributed by atoms with Gasteiger partial charge in [0.05, 0.1) is 12.8 Å². The molecule has 0 saturated carbocycles. The van der Waals surface area contributed by atoms with Gasteiger partial charge in [0.1, 0.15) is 18.1 Å². The summed E-state index contributed by atoms with van der Waals surface area (Å²) in [5, 5.41) is 4.03. The minimum Gasteiger partial charge on any atom is -0.494 e. The Labute approximate surface area is 178 Å². The van der Waals surface area contributed by atoms with E-state index in [4.69, 9.17) is 9.47 Å². The molecule has 0 fully saturated rings. The van der Waals surface area contributed by atoms with E-state index in [1.54, 1.807) is 30.5 Å². The maximum atomic E-state index is 12.2. The van der Waals surface area contributed by atoms with Crippen molar-refractivity contribution in [2.45, 2.75) is 13.5 Å². The molecule has 148 valence electrons. The largest absolute Gasteiger partial charge is 0.494 e. The van der Waals surface area contributed by atoms with Gasteiger partial charge in [0.25, 0.3) is 5.91 Å². The molecule has 0 bridgehead atoms. The Morgan fingerprint density at radius 1 is 1.00 bits per heavy atom. The van der Waals surface area contributed by atoms with Crippen LogP contribution in [0.25, 0.3) is 0 Å². The second-order valence-corrected chi connectivity index (χ2v) is 7.06. The third kappa shape index (κ3) is 6.47. The molecule has 0 radical (unpaired) electrons. The molecule has 29 heavy (non-hydrogen) atoms. The summed E-state index contributed by atoms with van der Waals surface area (Å²) in [6, 6.07) is 22.4. The molecule has 0 aliphatic carbocycles. The zero-order chi connectivity index (χ0) is 20.5. The molecule has 0 saturated heterocycles. The SMILES string of the molecule is CCOc1ccc(C(=O)N/N=C\c2cccc(OCc3ccc(Br)cc3)c2)cc1. The molecule has 0 aromatic heterocycles. The van der Waals surface area contributed by atoms with Gasteiger partial charge >= 0.3 is 0 Å². The predicted octanol–water partition coefficient (Wildman–Crippen LogP) is 5.19. The molecular weight excluding hydrogens is 432 g/mol. The molecule has 3 rings (SSSR count). The molecule has 0 aliphatic heterocycles. The molecule has 5 nitrogen and oxygen atoms in total. The standard InChI is InChI=1S/C23H21BrN2O3/c1-2-28-21-12-8-19(9-13-21)23(27)26-25-15-18-4-3-5-22(14-18)29-16-17-6-10-20(24)11-7-17/h3-15H,2,16H2,1H3,(H,26,27)/b25-15-. The molecule has 0 unspecified atom stereocenters. The van der Waals surface area contributed by atoms with E-state index < -0.39 is 0 Å². The fourth-order valence-electron chi connectivity index (χ4n) is 2.53. The average molecular weight is 453 g/mol. The van der Waals surface area contributed by atoms with Crippen molar-refractivity contribution in [3.8, 4) is 11.5 Å². The number of hydrazone groups is 1. The number of nitrogens with zero attached hydrogens (tertiary/aromatic N) is 1. The Morgan fingerprint density at radius 2 is 1.76 bits per heavy atom. The van der Waals surface area contributed by atoms with Crippen molar-refractivity contribution < 1.29 is 14.3 Å². The number of rotatable bonds is 8. The van der Waals surface area contributed by atoms with Gasteiger partial charge in [-0.1, -0.05) is 40.2 Å². The molecule has 0 heterocycles.